The summed E-state index contributed by atoms with van der Waals surface area (Å²) in [5, 5.41) is 8.86. The second-order valence-corrected chi connectivity index (χ2v) is 7.87. The Morgan fingerprint density at radius 1 is 0.677 bits per heavy atom. The van der Waals surface area contributed by atoms with E-state index in [-0.39, 0.29) is 6.42 Å². The first-order valence-corrected chi connectivity index (χ1v) is 11.1. The largest absolute Gasteiger partial charge is 0.463 e. The summed E-state index contributed by atoms with van der Waals surface area (Å²) < 4.78 is 79.0. The molecule has 0 saturated heterocycles. The molecule has 0 aliphatic heterocycles. The van der Waals surface area contributed by atoms with E-state index in [9.17, 15) is 31.1 Å². The molecule has 0 radical (unpaired) electrons. The van der Waals surface area contributed by atoms with Crippen molar-refractivity contribution in [2.75, 3.05) is 6.61 Å². The summed E-state index contributed by atoms with van der Waals surface area (Å²) in [4.78, 5) is 11.2. The monoisotopic (exact) mass is 462 g/mol. The van der Waals surface area contributed by atoms with E-state index in [2.05, 4.69) is 11.3 Å². The molecule has 0 aliphatic carbocycles. The molecule has 0 aromatic heterocycles. The van der Waals surface area contributed by atoms with Gasteiger partial charge in [-0.05, 0) is 19.3 Å². The van der Waals surface area contributed by atoms with Gasteiger partial charge in [0.15, 0.2) is 0 Å². The molecular formula is C22H36F6O3. The Hall–Kier alpha value is -1.25. The number of hydrogen-bond donors (Lipinski definition) is 1. The molecule has 0 heterocycles. The lowest BCUT2D eigenvalue weighted by atomic mass is 10.0. The van der Waals surface area contributed by atoms with Gasteiger partial charge >= 0.3 is 23.9 Å². The summed E-state index contributed by atoms with van der Waals surface area (Å²) in [6.45, 7) is 3.11. The van der Waals surface area contributed by atoms with Gasteiger partial charge in [0.1, 0.15) is 0 Å². The van der Waals surface area contributed by atoms with Crippen LogP contribution in [0.2, 0.25) is 0 Å². The van der Waals surface area contributed by atoms with Gasteiger partial charge in [-0.2, -0.15) is 26.3 Å². The average Bonchev–Trinajstić information content (AvgIpc) is 2.67. The van der Waals surface area contributed by atoms with E-state index in [1.165, 1.54) is 44.9 Å². The second-order valence-electron chi connectivity index (χ2n) is 7.87. The Morgan fingerprint density at radius 2 is 1.00 bits per heavy atom. The highest BCUT2D eigenvalue weighted by molar-refractivity contribution is 5.81. The van der Waals surface area contributed by atoms with Crippen LogP contribution in [-0.2, 0) is 9.53 Å². The molecular weight excluding hydrogens is 426 g/mol. The molecule has 0 fully saturated rings. The topological polar surface area (TPSA) is 46.5 Å². The molecule has 0 aliphatic rings. The summed E-state index contributed by atoms with van der Waals surface area (Å²) >= 11 is 0. The molecule has 0 unspecified atom stereocenters. The first kappa shape index (κ1) is 29.8. The summed E-state index contributed by atoms with van der Waals surface area (Å²) in [7, 11) is 0. The fourth-order valence-electron chi connectivity index (χ4n) is 3.17. The smallest absolute Gasteiger partial charge is 0.437 e. The van der Waals surface area contributed by atoms with Crippen molar-refractivity contribution in [3.63, 3.8) is 0 Å². The van der Waals surface area contributed by atoms with Crippen LogP contribution in [0.1, 0.15) is 96.3 Å². The number of halogens is 6. The van der Waals surface area contributed by atoms with E-state index in [0.717, 1.165) is 38.5 Å². The Balaban J connectivity index is 3.66. The Morgan fingerprint density at radius 3 is 1.32 bits per heavy atom. The maximum Gasteiger partial charge on any atom is 0.437 e. The fraction of sp³-hybridized carbons (Fsp3) is 0.864. The van der Waals surface area contributed by atoms with Gasteiger partial charge in [-0.25, -0.2) is 4.79 Å². The van der Waals surface area contributed by atoms with Crippen LogP contribution in [0.5, 0.6) is 0 Å². The van der Waals surface area contributed by atoms with Crippen molar-refractivity contribution in [2.45, 2.75) is 114 Å². The van der Waals surface area contributed by atoms with Crippen molar-refractivity contribution in [3.05, 3.63) is 12.7 Å². The Labute approximate surface area is 181 Å². The summed E-state index contributed by atoms with van der Waals surface area (Å²) in [5.41, 5.74) is -5.49. The van der Waals surface area contributed by atoms with Gasteiger partial charge in [0, 0.05) is 0 Å². The molecule has 0 atom stereocenters. The highest BCUT2D eigenvalue weighted by Gasteiger charge is 2.76. The van der Waals surface area contributed by atoms with Crippen LogP contribution in [0.25, 0.3) is 0 Å². The van der Waals surface area contributed by atoms with Crippen LogP contribution in [0, 0.1) is 0 Å². The van der Waals surface area contributed by atoms with Crippen LogP contribution in [0.3, 0.4) is 0 Å². The molecule has 0 rings (SSSR count). The number of rotatable bonds is 18. The number of ether oxygens (including phenoxy) is 1. The minimum absolute atomic E-state index is 0.143. The van der Waals surface area contributed by atoms with E-state index < -0.39 is 30.5 Å². The van der Waals surface area contributed by atoms with Crippen molar-refractivity contribution in [1.82, 2.24) is 0 Å². The maximum atomic E-state index is 12.5. The van der Waals surface area contributed by atoms with Gasteiger partial charge in [-0.1, -0.05) is 83.1 Å². The summed E-state index contributed by atoms with van der Waals surface area (Å²) in [5.74, 6) is -2.73. The molecule has 0 saturated carbocycles. The quantitative estimate of drug-likeness (QED) is 0.0998. The lowest BCUT2D eigenvalue weighted by Crippen LogP contribution is -2.63. The summed E-state index contributed by atoms with van der Waals surface area (Å²) in [6, 6.07) is 0. The summed E-state index contributed by atoms with van der Waals surface area (Å²) in [6.07, 6.45) is 4.94. The third-order valence-electron chi connectivity index (χ3n) is 5.15. The Kier molecular flexibility index (Phi) is 14.9. The van der Waals surface area contributed by atoms with Crippen LogP contribution < -0.4 is 0 Å². The van der Waals surface area contributed by atoms with Gasteiger partial charge in [0.05, 0.1) is 6.61 Å². The molecule has 31 heavy (non-hydrogen) atoms. The van der Waals surface area contributed by atoms with Gasteiger partial charge in [-0.3, -0.25) is 0 Å². The molecule has 0 amide bonds. The number of hydrogen-bond acceptors (Lipinski definition) is 3. The van der Waals surface area contributed by atoms with Crippen LogP contribution in [-0.4, -0.2) is 35.6 Å². The number of allylic oxidation sites excluding steroid dienone is 1. The third kappa shape index (κ3) is 11.8. The standard InChI is InChI=1S/C22H36F6O3/c1-2-3-4-5-6-7-8-9-10-11-12-13-14-15-16-17-18-31-19(29)20(30,21(23,24)25)22(26,27)28/h2,30H,1,3-18H2. The number of aliphatic hydroxyl groups is 1. The van der Waals surface area contributed by atoms with Crippen molar-refractivity contribution >= 4 is 5.97 Å². The zero-order valence-electron chi connectivity index (χ0n) is 18.1. The minimum atomic E-state index is -6.20. The van der Waals surface area contributed by atoms with Crippen molar-refractivity contribution in [2.24, 2.45) is 0 Å². The number of esters is 1. The van der Waals surface area contributed by atoms with Crippen molar-refractivity contribution < 1.29 is 41.0 Å². The molecule has 9 heteroatoms. The maximum absolute atomic E-state index is 12.5. The predicted octanol–water partition coefficient (Wildman–Crippen LogP) is 7.42. The predicted molar refractivity (Wildman–Crippen MR) is 107 cm³/mol. The van der Waals surface area contributed by atoms with E-state index >= 15 is 0 Å². The van der Waals surface area contributed by atoms with E-state index in [1.54, 1.807) is 0 Å². The minimum Gasteiger partial charge on any atom is -0.463 e. The molecule has 184 valence electrons. The first-order valence-electron chi connectivity index (χ1n) is 11.1. The first-order chi connectivity index (χ1) is 14.5. The highest BCUT2D eigenvalue weighted by Crippen LogP contribution is 2.43. The van der Waals surface area contributed by atoms with Crippen molar-refractivity contribution in [3.8, 4) is 0 Å². The molecule has 0 aromatic carbocycles. The second kappa shape index (κ2) is 15.5. The average molecular weight is 463 g/mol. The van der Waals surface area contributed by atoms with Crippen LogP contribution >= 0.6 is 0 Å². The molecule has 0 bridgehead atoms. The number of alkyl halides is 6. The molecule has 0 aromatic rings. The van der Waals surface area contributed by atoms with Gasteiger partial charge < -0.3 is 9.84 Å². The Bertz CT molecular complexity index is 475. The van der Waals surface area contributed by atoms with Crippen LogP contribution in [0.4, 0.5) is 26.3 Å². The molecule has 1 N–H and O–H groups in total. The van der Waals surface area contributed by atoms with E-state index in [4.69, 9.17) is 5.11 Å². The van der Waals surface area contributed by atoms with Crippen molar-refractivity contribution in [1.29, 1.82) is 0 Å². The zero-order chi connectivity index (χ0) is 23.8. The van der Waals surface area contributed by atoms with Gasteiger partial charge in [-0.15, -0.1) is 6.58 Å². The number of unbranched alkanes of at least 4 members (excludes halogenated alkanes) is 14. The number of carbonyl (C=O) groups is 1. The van der Waals surface area contributed by atoms with Crippen LogP contribution in [0.15, 0.2) is 12.7 Å². The van der Waals surface area contributed by atoms with Gasteiger partial charge in [0.25, 0.3) is 0 Å². The lowest BCUT2D eigenvalue weighted by molar-refractivity contribution is -0.356. The number of carbonyl (C=O) groups excluding carboxylic acids is 1. The molecule has 3 nitrogen and oxygen atoms in total. The zero-order valence-corrected chi connectivity index (χ0v) is 18.1. The fourth-order valence-corrected chi connectivity index (χ4v) is 3.17. The van der Waals surface area contributed by atoms with E-state index in [1.807, 2.05) is 6.08 Å². The highest BCUT2D eigenvalue weighted by atomic mass is 19.4. The third-order valence-corrected chi connectivity index (χ3v) is 5.15. The SMILES string of the molecule is C=CCCCCCCCCCCCCCCCCOC(=O)C(O)(C(F)(F)F)C(F)(F)F. The molecule has 0 spiro atoms. The lowest BCUT2D eigenvalue weighted by Gasteiger charge is -2.29. The normalized spacial score (nSPS) is 12.7. The van der Waals surface area contributed by atoms with E-state index in [0.29, 0.717) is 6.42 Å². The van der Waals surface area contributed by atoms with Gasteiger partial charge in [0.2, 0.25) is 0 Å².